The SMILES string of the molecule is N[C@@H](CC(=O)[15NH][13CH2][13C](=O)O)C(=O)O. The van der Waals surface area contributed by atoms with Crippen LogP contribution in [0.25, 0.3) is 0 Å². The predicted molar refractivity (Wildman–Crippen MR) is 40.9 cm³/mol. The molecular weight excluding hydrogens is 183 g/mol. The van der Waals surface area contributed by atoms with E-state index in [0.29, 0.717) is 0 Å². The van der Waals surface area contributed by atoms with Gasteiger partial charge in [0, 0.05) is 0 Å². The first-order valence-corrected chi connectivity index (χ1v) is 3.40. The van der Waals surface area contributed by atoms with Gasteiger partial charge < -0.3 is 21.3 Å². The van der Waals surface area contributed by atoms with Crippen molar-refractivity contribution in [2.75, 3.05) is 6.54 Å². The maximum Gasteiger partial charge on any atom is 0.322 e. The fourth-order valence-electron chi connectivity index (χ4n) is 0.533. The second-order valence-corrected chi connectivity index (χ2v) is 2.32. The zero-order valence-corrected chi connectivity index (χ0v) is 6.69. The van der Waals surface area contributed by atoms with Crippen LogP contribution in [0.2, 0.25) is 0 Å². The van der Waals surface area contributed by atoms with Crippen molar-refractivity contribution in [2.45, 2.75) is 12.5 Å². The van der Waals surface area contributed by atoms with Crippen molar-refractivity contribution in [3.63, 3.8) is 0 Å². The van der Waals surface area contributed by atoms with Crippen molar-refractivity contribution in [1.29, 1.82) is 0 Å². The summed E-state index contributed by atoms with van der Waals surface area (Å²) in [6.45, 7) is -0.537. The minimum absolute atomic E-state index is 0.428. The molecular formula is C6H10N2O5. The van der Waals surface area contributed by atoms with Crippen LogP contribution in [-0.4, -0.2) is 40.6 Å². The van der Waals surface area contributed by atoms with Gasteiger partial charge in [-0.15, -0.1) is 0 Å². The number of carboxylic acid groups (broad SMARTS) is 2. The first kappa shape index (κ1) is 11.4. The van der Waals surface area contributed by atoms with Crippen LogP contribution >= 0.6 is 0 Å². The molecule has 0 fully saturated rings. The second-order valence-electron chi connectivity index (χ2n) is 2.32. The summed E-state index contributed by atoms with van der Waals surface area (Å²) < 4.78 is 0. The Bertz CT molecular complexity index is 227. The lowest BCUT2D eigenvalue weighted by Gasteiger charge is -2.05. The molecule has 5 N–H and O–H groups in total. The summed E-state index contributed by atoms with van der Waals surface area (Å²) in [5.41, 5.74) is 5.02. The van der Waals surface area contributed by atoms with E-state index in [0.717, 1.165) is 0 Å². The number of carboxylic acids is 2. The molecule has 0 aromatic heterocycles. The molecule has 0 aliphatic carbocycles. The Hall–Kier alpha value is -1.63. The molecule has 0 rings (SSSR count). The van der Waals surface area contributed by atoms with Crippen molar-refractivity contribution in [3.8, 4) is 0 Å². The third-order valence-electron chi connectivity index (χ3n) is 1.16. The topological polar surface area (TPSA) is 130 Å². The highest BCUT2D eigenvalue weighted by Crippen LogP contribution is 1.87. The Morgan fingerprint density at radius 1 is 1.31 bits per heavy atom. The number of carbonyl (C=O) groups excluding carboxylic acids is 1. The molecule has 7 nitrogen and oxygen atoms in total. The van der Waals surface area contributed by atoms with Gasteiger partial charge in [0.05, 0.1) is 6.42 Å². The van der Waals surface area contributed by atoms with E-state index in [9.17, 15) is 14.4 Å². The summed E-state index contributed by atoms with van der Waals surface area (Å²) >= 11 is 0. The molecule has 1 amide bonds. The molecule has 0 aliphatic heterocycles. The van der Waals surface area contributed by atoms with E-state index in [1.165, 1.54) is 0 Å². The van der Waals surface area contributed by atoms with E-state index in [4.69, 9.17) is 15.9 Å². The molecule has 1 atom stereocenters. The summed E-state index contributed by atoms with van der Waals surface area (Å²) in [4.78, 5) is 30.9. The number of nitrogens with two attached hydrogens (primary N) is 1. The van der Waals surface area contributed by atoms with E-state index in [2.05, 4.69) is 0 Å². The standard InChI is InChI=1S/C6H10N2O5/c7-3(6(12)13)1-4(9)8-2-5(10)11/h3H,1-2,7H2,(H,8,9)(H,10,11)(H,12,13)/t3-/m0/s1/i2+1,5+1,8+1. The van der Waals surface area contributed by atoms with Crippen molar-refractivity contribution < 1.29 is 24.6 Å². The number of hydrogen-bond acceptors (Lipinski definition) is 4. The highest BCUT2D eigenvalue weighted by atomic mass is 16.5. The molecule has 0 saturated carbocycles. The Morgan fingerprint density at radius 2 is 1.85 bits per heavy atom. The van der Waals surface area contributed by atoms with E-state index in [1.807, 2.05) is 5.32 Å². The van der Waals surface area contributed by atoms with Gasteiger partial charge in [0.1, 0.15) is 12.6 Å². The highest BCUT2D eigenvalue weighted by Gasteiger charge is 2.16. The van der Waals surface area contributed by atoms with Crippen LogP contribution in [0.5, 0.6) is 0 Å². The van der Waals surface area contributed by atoms with Gasteiger partial charge in [0.25, 0.3) is 0 Å². The number of aliphatic carboxylic acids is 2. The summed E-state index contributed by atoms with van der Waals surface area (Å²) in [6.07, 6.45) is -0.428. The lowest BCUT2D eigenvalue weighted by molar-refractivity contribution is -0.140. The molecule has 74 valence electrons. The number of rotatable bonds is 5. The Balaban J connectivity index is 3.74. The molecule has 0 aromatic carbocycles. The minimum Gasteiger partial charge on any atom is -0.480 e. The van der Waals surface area contributed by atoms with Gasteiger partial charge in [-0.2, -0.15) is 0 Å². The lowest BCUT2D eigenvalue weighted by atomic mass is 10.2. The average molecular weight is 193 g/mol. The van der Waals surface area contributed by atoms with Crippen molar-refractivity contribution in [1.82, 2.24) is 5.32 Å². The maximum atomic E-state index is 10.7. The molecule has 0 saturated heterocycles. The predicted octanol–water partition coefficient (Wildman–Crippen LogP) is -2.01. The van der Waals surface area contributed by atoms with Crippen molar-refractivity contribution >= 4 is 17.8 Å². The van der Waals surface area contributed by atoms with Crippen LogP contribution in [0, 0.1) is 0 Å². The Labute approximate surface area is 73.5 Å². The zero-order chi connectivity index (χ0) is 10.4. The first-order valence-electron chi connectivity index (χ1n) is 3.40. The van der Waals surface area contributed by atoms with E-state index >= 15 is 0 Å². The number of carbonyl (C=O) groups is 3. The molecule has 0 aliphatic rings. The van der Waals surface area contributed by atoms with Gasteiger partial charge in [0.2, 0.25) is 5.91 Å². The normalized spacial score (nSPS) is 11.8. The fraction of sp³-hybridized carbons (Fsp3) is 0.500. The van der Waals surface area contributed by atoms with Gasteiger partial charge >= 0.3 is 11.9 Å². The third kappa shape index (κ3) is 5.62. The maximum absolute atomic E-state index is 10.7. The van der Waals surface area contributed by atoms with Gasteiger partial charge in [-0.1, -0.05) is 0 Å². The molecule has 13 heavy (non-hydrogen) atoms. The number of hydrogen-bond donors (Lipinski definition) is 4. The molecule has 7 heteroatoms. The van der Waals surface area contributed by atoms with Crippen LogP contribution in [0.4, 0.5) is 0 Å². The monoisotopic (exact) mass is 193 g/mol. The van der Waals surface area contributed by atoms with Crippen molar-refractivity contribution in [3.05, 3.63) is 0 Å². The van der Waals surface area contributed by atoms with Gasteiger partial charge in [-0.3, -0.25) is 14.4 Å². The van der Waals surface area contributed by atoms with E-state index in [-0.39, 0.29) is 0 Å². The number of amides is 1. The number of nitrogens with one attached hydrogen (secondary N) is 1. The van der Waals surface area contributed by atoms with Gasteiger partial charge in [-0.25, -0.2) is 0 Å². The minimum atomic E-state index is -1.30. The summed E-state index contributed by atoms with van der Waals surface area (Å²) in [5.74, 6) is -3.19. The molecule has 0 radical (unpaired) electrons. The van der Waals surface area contributed by atoms with Crippen LogP contribution < -0.4 is 11.1 Å². The summed E-state index contributed by atoms with van der Waals surface area (Å²) in [5, 5.41) is 18.4. The molecule has 0 spiro atoms. The molecule has 0 aromatic rings. The van der Waals surface area contributed by atoms with Crippen LogP contribution in [0.15, 0.2) is 0 Å². The zero-order valence-electron chi connectivity index (χ0n) is 6.69. The first-order chi connectivity index (χ1) is 5.93. The van der Waals surface area contributed by atoms with Gasteiger partial charge in [-0.05, 0) is 0 Å². The highest BCUT2D eigenvalue weighted by molar-refractivity contribution is 5.86. The van der Waals surface area contributed by atoms with Crippen LogP contribution in [0.1, 0.15) is 6.42 Å². The van der Waals surface area contributed by atoms with E-state index < -0.39 is 36.9 Å². The third-order valence-corrected chi connectivity index (χ3v) is 1.16. The van der Waals surface area contributed by atoms with Crippen molar-refractivity contribution in [2.24, 2.45) is 5.73 Å². The molecule has 0 heterocycles. The van der Waals surface area contributed by atoms with E-state index in [1.54, 1.807) is 0 Å². The Morgan fingerprint density at radius 3 is 2.23 bits per heavy atom. The fourth-order valence-corrected chi connectivity index (χ4v) is 0.533. The molecule has 0 bridgehead atoms. The lowest BCUT2D eigenvalue weighted by Crippen LogP contribution is -2.38. The van der Waals surface area contributed by atoms with Gasteiger partial charge in [0.15, 0.2) is 0 Å². The molecule has 0 unspecified atom stereocenters. The summed E-state index contributed by atoms with van der Waals surface area (Å²) in [7, 11) is 0. The second kappa shape index (κ2) is 5.09. The largest absolute Gasteiger partial charge is 0.480 e. The Kier molecular flexibility index (Phi) is 4.45. The van der Waals surface area contributed by atoms with Crippen LogP contribution in [0.3, 0.4) is 0 Å². The smallest absolute Gasteiger partial charge is 0.322 e. The average Bonchev–Trinajstić information content (AvgIpc) is 2.00. The van der Waals surface area contributed by atoms with Crippen LogP contribution in [-0.2, 0) is 14.4 Å². The quantitative estimate of drug-likeness (QED) is 0.295. The summed E-state index contributed by atoms with van der Waals surface area (Å²) in [6, 6.07) is -1.30.